The van der Waals surface area contributed by atoms with Gasteiger partial charge in [-0.3, -0.25) is 0 Å². The summed E-state index contributed by atoms with van der Waals surface area (Å²) in [7, 11) is 0. The highest BCUT2D eigenvalue weighted by Crippen LogP contribution is 2.41. The first-order chi connectivity index (χ1) is 5.84. The van der Waals surface area contributed by atoms with Crippen LogP contribution in [0.5, 0.6) is 0 Å². The molecule has 0 amide bonds. The Labute approximate surface area is 98.7 Å². The topological polar surface area (TPSA) is 12.9 Å². The minimum atomic E-state index is -1.90. The van der Waals surface area contributed by atoms with Crippen LogP contribution >= 0.6 is 58.0 Å². The molecule has 0 aromatic carbocycles. The minimum absolute atomic E-state index is 0.169. The van der Waals surface area contributed by atoms with E-state index in [1.807, 2.05) is 0 Å². The third kappa shape index (κ3) is 2.51. The second kappa shape index (κ2) is 3.95. The van der Waals surface area contributed by atoms with Crippen LogP contribution in [0.1, 0.15) is 5.56 Å². The molecular formula is C6HCl5FN. The quantitative estimate of drug-likeness (QED) is 0.509. The molecule has 7 heteroatoms. The Morgan fingerprint density at radius 3 is 2.23 bits per heavy atom. The summed E-state index contributed by atoms with van der Waals surface area (Å²) in [6, 6.07) is 0. The molecule has 1 rings (SSSR count). The zero-order valence-electron chi connectivity index (χ0n) is 5.79. The molecule has 0 unspecified atom stereocenters. The normalized spacial score (nSPS) is 11.8. The van der Waals surface area contributed by atoms with E-state index < -0.39 is 9.61 Å². The first-order valence-corrected chi connectivity index (χ1v) is 4.79. The fraction of sp³-hybridized carbons (Fsp3) is 0.167. The number of hydrogen-bond donors (Lipinski definition) is 0. The highest BCUT2D eigenvalue weighted by Gasteiger charge is 2.29. The molecule has 1 aromatic rings. The van der Waals surface area contributed by atoms with Crippen molar-refractivity contribution < 1.29 is 4.39 Å². The largest absolute Gasteiger partial charge is 0.242 e. The Bertz CT molecular complexity index is 335. The Balaban J connectivity index is 3.35. The summed E-state index contributed by atoms with van der Waals surface area (Å²) in [5.74, 6) is -0.873. The average molecular weight is 283 g/mol. The molecule has 72 valence electrons. The van der Waals surface area contributed by atoms with Crippen LogP contribution in [0.3, 0.4) is 0 Å². The van der Waals surface area contributed by atoms with Crippen LogP contribution in [-0.2, 0) is 3.79 Å². The number of alkyl halides is 3. The molecule has 0 saturated heterocycles. The number of aromatic nitrogens is 1. The average Bonchev–Trinajstić information content (AvgIpc) is 1.98. The van der Waals surface area contributed by atoms with E-state index in [1.165, 1.54) is 0 Å². The van der Waals surface area contributed by atoms with Crippen molar-refractivity contribution in [2.24, 2.45) is 0 Å². The Morgan fingerprint density at radius 2 is 1.77 bits per heavy atom. The lowest BCUT2D eigenvalue weighted by atomic mass is 10.3. The number of nitrogens with zero attached hydrogens (tertiary/aromatic N) is 1. The van der Waals surface area contributed by atoms with Crippen LogP contribution in [0.25, 0.3) is 0 Å². The van der Waals surface area contributed by atoms with Gasteiger partial charge in [0.25, 0.3) is 0 Å². The van der Waals surface area contributed by atoms with Crippen molar-refractivity contribution in [2.45, 2.75) is 3.79 Å². The molecular weight excluding hydrogens is 282 g/mol. The van der Waals surface area contributed by atoms with Gasteiger partial charge in [-0.05, 0) is 0 Å². The lowest BCUT2D eigenvalue weighted by Crippen LogP contribution is -2.05. The van der Waals surface area contributed by atoms with Crippen LogP contribution in [-0.4, -0.2) is 4.98 Å². The van der Waals surface area contributed by atoms with Crippen molar-refractivity contribution in [3.63, 3.8) is 0 Å². The fourth-order valence-corrected chi connectivity index (χ4v) is 1.32. The number of halogens is 6. The number of hydrogen-bond acceptors (Lipinski definition) is 1. The lowest BCUT2D eigenvalue weighted by Gasteiger charge is -2.12. The monoisotopic (exact) mass is 281 g/mol. The van der Waals surface area contributed by atoms with Crippen molar-refractivity contribution >= 4 is 58.0 Å². The molecule has 0 saturated carbocycles. The van der Waals surface area contributed by atoms with Crippen molar-refractivity contribution in [2.75, 3.05) is 0 Å². The molecule has 0 bridgehead atoms. The third-order valence-corrected chi connectivity index (χ3v) is 2.56. The zero-order chi connectivity index (χ0) is 10.2. The SMILES string of the molecule is Fc1c(C(Cl)(Cl)Cl)cnc(Cl)c1Cl. The second-order valence-electron chi connectivity index (χ2n) is 2.09. The van der Waals surface area contributed by atoms with Crippen LogP contribution in [0, 0.1) is 5.82 Å². The summed E-state index contributed by atoms with van der Waals surface area (Å²) in [5, 5.41) is -0.525. The van der Waals surface area contributed by atoms with E-state index in [9.17, 15) is 4.39 Å². The van der Waals surface area contributed by atoms with E-state index in [4.69, 9.17) is 58.0 Å². The summed E-state index contributed by atoms with van der Waals surface area (Å²) < 4.78 is 11.4. The highest BCUT2D eigenvalue weighted by atomic mass is 35.6. The minimum Gasteiger partial charge on any atom is -0.242 e. The van der Waals surface area contributed by atoms with Gasteiger partial charge in [-0.2, -0.15) is 0 Å². The maximum absolute atomic E-state index is 13.2. The smallest absolute Gasteiger partial charge is 0.220 e. The van der Waals surface area contributed by atoms with E-state index in [-0.39, 0.29) is 15.7 Å². The molecule has 1 aromatic heterocycles. The van der Waals surface area contributed by atoms with Crippen molar-refractivity contribution in [3.05, 3.63) is 27.8 Å². The summed E-state index contributed by atoms with van der Waals surface area (Å²) in [6.45, 7) is 0. The van der Waals surface area contributed by atoms with Crippen molar-refractivity contribution in [1.82, 2.24) is 4.98 Å². The predicted molar refractivity (Wildman–Crippen MR) is 53.5 cm³/mol. The molecule has 0 fully saturated rings. The maximum Gasteiger partial charge on any atom is 0.220 e. The lowest BCUT2D eigenvalue weighted by molar-refractivity contribution is 0.610. The predicted octanol–water partition coefficient (Wildman–Crippen LogP) is 4.35. The van der Waals surface area contributed by atoms with Crippen molar-refractivity contribution in [1.29, 1.82) is 0 Å². The summed E-state index contributed by atoms with van der Waals surface area (Å²) in [4.78, 5) is 3.55. The van der Waals surface area contributed by atoms with E-state index >= 15 is 0 Å². The molecule has 0 radical (unpaired) electrons. The zero-order valence-corrected chi connectivity index (χ0v) is 9.57. The third-order valence-electron chi connectivity index (χ3n) is 1.22. The van der Waals surface area contributed by atoms with Gasteiger partial charge < -0.3 is 0 Å². The molecule has 0 N–H and O–H groups in total. The van der Waals surface area contributed by atoms with E-state index in [1.54, 1.807) is 0 Å². The fourth-order valence-electron chi connectivity index (χ4n) is 0.641. The Kier molecular flexibility index (Phi) is 3.53. The van der Waals surface area contributed by atoms with Crippen LogP contribution < -0.4 is 0 Å². The number of pyridine rings is 1. The Hall–Kier alpha value is 0.530. The van der Waals surface area contributed by atoms with Gasteiger partial charge in [-0.15, -0.1) is 0 Å². The van der Waals surface area contributed by atoms with E-state index in [2.05, 4.69) is 4.98 Å². The van der Waals surface area contributed by atoms with Gasteiger partial charge in [0, 0.05) is 6.20 Å². The van der Waals surface area contributed by atoms with E-state index in [0.29, 0.717) is 0 Å². The van der Waals surface area contributed by atoms with Gasteiger partial charge in [0.15, 0.2) is 11.0 Å². The molecule has 0 spiro atoms. The van der Waals surface area contributed by atoms with Crippen molar-refractivity contribution in [3.8, 4) is 0 Å². The van der Waals surface area contributed by atoms with Gasteiger partial charge in [-0.1, -0.05) is 58.0 Å². The van der Waals surface area contributed by atoms with E-state index in [0.717, 1.165) is 6.20 Å². The molecule has 1 heterocycles. The van der Waals surface area contributed by atoms with Gasteiger partial charge in [0.1, 0.15) is 5.02 Å². The summed E-state index contributed by atoms with van der Waals surface area (Å²) >= 11 is 27.2. The maximum atomic E-state index is 13.2. The Morgan fingerprint density at radius 1 is 1.23 bits per heavy atom. The molecule has 0 aliphatic rings. The van der Waals surface area contributed by atoms with Gasteiger partial charge in [0.2, 0.25) is 3.79 Å². The van der Waals surface area contributed by atoms with Crippen LogP contribution in [0.2, 0.25) is 10.2 Å². The van der Waals surface area contributed by atoms with Crippen LogP contribution in [0.4, 0.5) is 4.39 Å². The second-order valence-corrected chi connectivity index (χ2v) is 5.11. The molecule has 13 heavy (non-hydrogen) atoms. The standard InChI is InChI=1S/C6HCl5FN/c7-3-4(12)2(6(9,10)11)1-13-5(3)8/h1H. The summed E-state index contributed by atoms with van der Waals surface area (Å²) in [5.41, 5.74) is -0.230. The molecule has 0 atom stereocenters. The first kappa shape index (κ1) is 11.6. The van der Waals surface area contributed by atoms with Gasteiger partial charge in [0.05, 0.1) is 5.56 Å². The molecule has 1 nitrogen and oxygen atoms in total. The summed E-state index contributed by atoms with van der Waals surface area (Å²) in [6.07, 6.45) is 1.02. The van der Waals surface area contributed by atoms with Gasteiger partial charge >= 0.3 is 0 Å². The van der Waals surface area contributed by atoms with Gasteiger partial charge in [-0.25, -0.2) is 9.37 Å². The molecule has 0 aliphatic heterocycles. The molecule has 0 aliphatic carbocycles. The highest BCUT2D eigenvalue weighted by molar-refractivity contribution is 6.66. The number of rotatable bonds is 0. The van der Waals surface area contributed by atoms with Crippen LogP contribution in [0.15, 0.2) is 6.20 Å². The first-order valence-electron chi connectivity index (χ1n) is 2.90.